The third-order valence-electron chi connectivity index (χ3n) is 7.92. The van der Waals surface area contributed by atoms with Crippen molar-refractivity contribution in [3.63, 3.8) is 0 Å². The van der Waals surface area contributed by atoms with E-state index < -0.39 is 0 Å². The fourth-order valence-corrected chi connectivity index (χ4v) is 5.91. The summed E-state index contributed by atoms with van der Waals surface area (Å²) in [6, 6.07) is 19.1. The number of carbonyl (C=O) groups is 1. The number of likely N-dealkylation sites (tertiary alicyclic amines) is 1. The van der Waals surface area contributed by atoms with Crippen molar-refractivity contribution in [2.24, 2.45) is 5.92 Å². The number of nitrogens with zero attached hydrogens (tertiary/aromatic N) is 5. The maximum atomic E-state index is 13.3. The van der Waals surface area contributed by atoms with Gasteiger partial charge in [0.2, 0.25) is 5.91 Å². The molecule has 2 aromatic heterocycles. The average Bonchev–Trinajstić information content (AvgIpc) is 3.58. The Kier molecular flexibility index (Phi) is 6.41. The van der Waals surface area contributed by atoms with Crippen molar-refractivity contribution in [2.45, 2.75) is 51.1 Å². The molecular weight excluding hydrogens is 446 g/mol. The monoisotopic (exact) mass is 479 g/mol. The van der Waals surface area contributed by atoms with Crippen LogP contribution in [0.2, 0.25) is 0 Å². The van der Waals surface area contributed by atoms with E-state index in [2.05, 4.69) is 73.7 Å². The summed E-state index contributed by atoms with van der Waals surface area (Å²) < 4.78 is 4.45. The maximum Gasteiger partial charge on any atom is 0.226 e. The average molecular weight is 480 g/mol. The molecule has 0 radical (unpaired) electrons. The van der Waals surface area contributed by atoms with E-state index in [1.807, 2.05) is 24.7 Å². The van der Waals surface area contributed by atoms with Crippen LogP contribution in [0, 0.1) is 5.92 Å². The van der Waals surface area contributed by atoms with Crippen LogP contribution >= 0.6 is 0 Å². The fraction of sp³-hybridized carbons (Fsp3) is 0.367. The van der Waals surface area contributed by atoms with Crippen molar-refractivity contribution in [3.05, 3.63) is 108 Å². The van der Waals surface area contributed by atoms with Crippen LogP contribution in [-0.4, -0.2) is 43.0 Å². The van der Waals surface area contributed by atoms with Gasteiger partial charge < -0.3 is 14.0 Å². The van der Waals surface area contributed by atoms with Crippen LogP contribution in [0.4, 0.5) is 0 Å². The van der Waals surface area contributed by atoms with E-state index in [0.717, 1.165) is 63.4 Å². The van der Waals surface area contributed by atoms with Crippen LogP contribution in [-0.2, 0) is 30.7 Å². The minimum atomic E-state index is 0.127. The Bertz CT molecular complexity index is 1320. The van der Waals surface area contributed by atoms with Crippen molar-refractivity contribution in [1.29, 1.82) is 0 Å². The highest BCUT2D eigenvalue weighted by Gasteiger charge is 2.32. The molecule has 0 N–H and O–H groups in total. The zero-order valence-corrected chi connectivity index (χ0v) is 20.7. The number of amides is 1. The molecule has 1 fully saturated rings. The number of rotatable bonds is 6. The number of hydrogen-bond acceptors (Lipinski definition) is 3. The molecule has 4 aromatic rings. The van der Waals surface area contributed by atoms with Crippen LogP contribution in [0.25, 0.3) is 0 Å². The molecule has 6 nitrogen and oxygen atoms in total. The Morgan fingerprint density at radius 2 is 1.53 bits per heavy atom. The van der Waals surface area contributed by atoms with Crippen LogP contribution in [0.3, 0.4) is 0 Å². The summed E-state index contributed by atoms with van der Waals surface area (Å²) in [6.07, 6.45) is 12.7. The Balaban J connectivity index is 1.08. The quantitative estimate of drug-likeness (QED) is 0.403. The minimum absolute atomic E-state index is 0.127. The van der Waals surface area contributed by atoms with Crippen molar-refractivity contribution >= 4 is 5.91 Å². The predicted octanol–water partition coefficient (Wildman–Crippen LogP) is 4.69. The highest BCUT2D eigenvalue weighted by Crippen LogP contribution is 2.31. The Morgan fingerprint density at radius 3 is 2.36 bits per heavy atom. The van der Waals surface area contributed by atoms with E-state index in [0.29, 0.717) is 18.4 Å². The highest BCUT2D eigenvalue weighted by molar-refractivity contribution is 5.79. The van der Waals surface area contributed by atoms with Gasteiger partial charge in [-0.2, -0.15) is 0 Å². The molecule has 6 heteroatoms. The van der Waals surface area contributed by atoms with E-state index in [4.69, 9.17) is 4.98 Å². The lowest BCUT2D eigenvalue weighted by atomic mass is 9.82. The van der Waals surface area contributed by atoms with E-state index in [1.165, 1.54) is 16.7 Å². The summed E-state index contributed by atoms with van der Waals surface area (Å²) in [7, 11) is 0. The Labute approximate surface area is 212 Å². The van der Waals surface area contributed by atoms with Gasteiger partial charge in [0, 0.05) is 56.3 Å². The largest absolute Gasteiger partial charge is 0.342 e. The Morgan fingerprint density at radius 1 is 0.806 bits per heavy atom. The summed E-state index contributed by atoms with van der Waals surface area (Å²) in [5, 5.41) is 0. The molecule has 184 valence electrons. The zero-order valence-electron chi connectivity index (χ0n) is 20.7. The third kappa shape index (κ3) is 4.72. The second kappa shape index (κ2) is 10.1. The van der Waals surface area contributed by atoms with Gasteiger partial charge in [-0.05, 0) is 48.8 Å². The van der Waals surface area contributed by atoms with Crippen LogP contribution in [0.1, 0.15) is 53.5 Å². The fourth-order valence-electron chi connectivity index (χ4n) is 5.91. The van der Waals surface area contributed by atoms with Gasteiger partial charge in [-0.3, -0.25) is 4.79 Å². The Hall–Kier alpha value is -3.67. The molecule has 36 heavy (non-hydrogen) atoms. The van der Waals surface area contributed by atoms with Crippen LogP contribution < -0.4 is 0 Å². The van der Waals surface area contributed by atoms with Gasteiger partial charge in [-0.15, -0.1) is 0 Å². The van der Waals surface area contributed by atoms with Gasteiger partial charge in [0.25, 0.3) is 0 Å². The second-order valence-electron chi connectivity index (χ2n) is 10.2. The number of aromatic nitrogens is 4. The van der Waals surface area contributed by atoms with E-state index >= 15 is 0 Å². The van der Waals surface area contributed by atoms with E-state index in [1.54, 1.807) is 0 Å². The number of benzene rings is 2. The maximum absolute atomic E-state index is 13.3. The van der Waals surface area contributed by atoms with Crippen molar-refractivity contribution in [2.75, 3.05) is 13.1 Å². The van der Waals surface area contributed by atoms with Crippen LogP contribution in [0.5, 0.6) is 0 Å². The first-order valence-electron chi connectivity index (χ1n) is 13.1. The van der Waals surface area contributed by atoms with Gasteiger partial charge >= 0.3 is 0 Å². The number of fused-ring (bicyclic) bond motifs is 1. The molecule has 1 amide bonds. The van der Waals surface area contributed by atoms with E-state index in [-0.39, 0.29) is 5.92 Å². The van der Waals surface area contributed by atoms with Gasteiger partial charge in [0.1, 0.15) is 11.6 Å². The van der Waals surface area contributed by atoms with Crippen molar-refractivity contribution in [3.8, 4) is 0 Å². The smallest absolute Gasteiger partial charge is 0.226 e. The first-order valence-corrected chi connectivity index (χ1v) is 13.1. The lowest BCUT2D eigenvalue weighted by Gasteiger charge is -2.35. The standard InChI is InChI=1S/C30H33N5O/c36-30(27-11-10-24-8-4-5-9-26(24)20-27)33-16-12-25(13-17-33)29-32-15-19-35(29)22-28-31-14-18-34(28)21-23-6-2-1-3-7-23/h1-9,14-15,18-19,25,27H,10-13,16-17,20-22H2. The first kappa shape index (κ1) is 22.8. The lowest BCUT2D eigenvalue weighted by Crippen LogP contribution is -2.43. The van der Waals surface area contributed by atoms with Gasteiger partial charge in [0.05, 0.1) is 6.54 Å². The lowest BCUT2D eigenvalue weighted by molar-refractivity contribution is -0.137. The molecule has 0 saturated carbocycles. The molecule has 2 aromatic carbocycles. The summed E-state index contributed by atoms with van der Waals surface area (Å²) in [6.45, 7) is 3.15. The molecular formula is C30H33N5O. The summed E-state index contributed by atoms with van der Waals surface area (Å²) >= 11 is 0. The SMILES string of the molecule is O=C(C1CCc2ccccc2C1)N1CCC(c2nccn2Cc2nccn2Cc2ccccc2)CC1. The normalized spacial score (nSPS) is 18.2. The molecule has 2 aliphatic rings. The second-order valence-corrected chi connectivity index (χ2v) is 10.2. The van der Waals surface area contributed by atoms with E-state index in [9.17, 15) is 4.79 Å². The van der Waals surface area contributed by atoms with Crippen LogP contribution in [0.15, 0.2) is 79.4 Å². The first-order chi connectivity index (χ1) is 17.7. The molecule has 1 atom stereocenters. The molecule has 0 bridgehead atoms. The third-order valence-corrected chi connectivity index (χ3v) is 7.92. The molecule has 1 aliphatic heterocycles. The van der Waals surface area contributed by atoms with Crippen molar-refractivity contribution < 1.29 is 4.79 Å². The molecule has 1 aliphatic carbocycles. The number of hydrogen-bond donors (Lipinski definition) is 0. The summed E-state index contributed by atoms with van der Waals surface area (Å²) in [5.74, 6) is 2.98. The highest BCUT2D eigenvalue weighted by atomic mass is 16.2. The summed E-state index contributed by atoms with van der Waals surface area (Å²) in [5.41, 5.74) is 4.03. The number of piperidine rings is 1. The molecule has 0 spiro atoms. The molecule has 6 rings (SSSR count). The van der Waals surface area contributed by atoms with Gasteiger partial charge in [-0.1, -0.05) is 54.6 Å². The minimum Gasteiger partial charge on any atom is -0.342 e. The zero-order chi connectivity index (χ0) is 24.3. The molecule has 1 unspecified atom stereocenters. The van der Waals surface area contributed by atoms with Gasteiger partial charge in [0.15, 0.2) is 0 Å². The molecule has 3 heterocycles. The summed E-state index contributed by atoms with van der Waals surface area (Å²) in [4.78, 5) is 24.8. The number of carbonyl (C=O) groups excluding carboxylic acids is 1. The number of aryl methyl sites for hydroxylation is 1. The number of imidazole rings is 2. The van der Waals surface area contributed by atoms with Gasteiger partial charge in [-0.25, -0.2) is 9.97 Å². The molecule has 1 saturated heterocycles. The van der Waals surface area contributed by atoms with Crippen molar-refractivity contribution in [1.82, 2.24) is 24.0 Å². The topological polar surface area (TPSA) is 56.0 Å². The predicted molar refractivity (Wildman–Crippen MR) is 140 cm³/mol.